The molecule has 21 heavy (non-hydrogen) atoms. The minimum absolute atomic E-state index is 0.0907. The Morgan fingerprint density at radius 2 is 2.38 bits per heavy atom. The number of carbonyl (C=O) groups excluding carboxylic acids is 2. The maximum Gasteiger partial charge on any atom is 0.224 e. The van der Waals surface area contributed by atoms with Gasteiger partial charge in [-0.1, -0.05) is 6.42 Å². The number of rotatable bonds is 4. The van der Waals surface area contributed by atoms with Crippen molar-refractivity contribution in [1.82, 2.24) is 10.2 Å². The summed E-state index contributed by atoms with van der Waals surface area (Å²) in [5.74, 6) is 0.343. The number of hydrogen-bond acceptors (Lipinski definition) is 3. The predicted octanol–water partition coefficient (Wildman–Crippen LogP) is 2.20. The molecule has 2 unspecified atom stereocenters. The van der Waals surface area contributed by atoms with Gasteiger partial charge >= 0.3 is 0 Å². The van der Waals surface area contributed by atoms with E-state index < -0.39 is 0 Å². The molecule has 1 aliphatic heterocycles. The molecule has 0 radical (unpaired) electrons. The first-order valence-corrected chi connectivity index (χ1v) is 8.58. The summed E-state index contributed by atoms with van der Waals surface area (Å²) in [4.78, 5) is 25.9. The Bertz CT molecular complexity index is 528. The molecule has 0 aromatic carbocycles. The maximum atomic E-state index is 12.1. The van der Waals surface area contributed by atoms with E-state index in [1.165, 1.54) is 0 Å². The van der Waals surface area contributed by atoms with Crippen LogP contribution in [-0.2, 0) is 16.0 Å². The van der Waals surface area contributed by atoms with E-state index in [-0.39, 0.29) is 17.2 Å². The fraction of sp³-hybridized carbons (Fsp3) is 0.625. The van der Waals surface area contributed by atoms with Crippen molar-refractivity contribution in [3.63, 3.8) is 0 Å². The second-order valence-electron chi connectivity index (χ2n) is 6.36. The van der Waals surface area contributed by atoms with Gasteiger partial charge in [-0.3, -0.25) is 9.59 Å². The monoisotopic (exact) mass is 306 g/mol. The molecule has 2 fully saturated rings. The van der Waals surface area contributed by atoms with Gasteiger partial charge in [-0.05, 0) is 41.7 Å². The largest absolute Gasteiger partial charge is 0.355 e. The summed E-state index contributed by atoms with van der Waals surface area (Å²) in [6.07, 6.45) is 5.34. The van der Waals surface area contributed by atoms with E-state index in [4.69, 9.17) is 0 Å². The molecule has 4 nitrogen and oxygen atoms in total. The molecule has 1 aromatic rings. The summed E-state index contributed by atoms with van der Waals surface area (Å²) in [5, 5.41) is 7.13. The van der Waals surface area contributed by atoms with Crippen LogP contribution < -0.4 is 5.32 Å². The highest BCUT2D eigenvalue weighted by molar-refractivity contribution is 7.07. The van der Waals surface area contributed by atoms with E-state index >= 15 is 0 Å². The highest BCUT2D eigenvalue weighted by Gasteiger charge is 2.48. The van der Waals surface area contributed by atoms with Crippen molar-refractivity contribution < 1.29 is 9.59 Å². The number of carbonyl (C=O) groups is 2. The van der Waals surface area contributed by atoms with Crippen LogP contribution in [0.3, 0.4) is 0 Å². The summed E-state index contributed by atoms with van der Waals surface area (Å²) in [5.41, 5.74) is 1.18. The Morgan fingerprint density at radius 3 is 3.14 bits per heavy atom. The average molecular weight is 306 g/mol. The molecule has 2 heterocycles. The molecule has 3 rings (SSSR count). The van der Waals surface area contributed by atoms with Crippen LogP contribution in [0.15, 0.2) is 16.8 Å². The third-order valence-electron chi connectivity index (χ3n) is 5.14. The van der Waals surface area contributed by atoms with Crippen molar-refractivity contribution in [2.75, 3.05) is 13.6 Å². The SMILES string of the molecule is CN1C(=O)CCC2(CNC(=O)Cc3ccsc3)CCCC12. The van der Waals surface area contributed by atoms with Gasteiger partial charge in [0.15, 0.2) is 0 Å². The highest BCUT2D eigenvalue weighted by atomic mass is 32.1. The van der Waals surface area contributed by atoms with E-state index in [1.54, 1.807) is 11.3 Å². The van der Waals surface area contributed by atoms with E-state index in [9.17, 15) is 9.59 Å². The van der Waals surface area contributed by atoms with Crippen molar-refractivity contribution in [2.45, 2.75) is 44.6 Å². The first-order valence-electron chi connectivity index (χ1n) is 7.64. The van der Waals surface area contributed by atoms with Gasteiger partial charge in [-0.25, -0.2) is 0 Å². The van der Waals surface area contributed by atoms with Gasteiger partial charge < -0.3 is 10.2 Å². The second kappa shape index (κ2) is 5.79. The van der Waals surface area contributed by atoms with Crippen molar-refractivity contribution in [1.29, 1.82) is 0 Å². The Labute approximate surface area is 129 Å². The lowest BCUT2D eigenvalue weighted by molar-refractivity contribution is -0.139. The lowest BCUT2D eigenvalue weighted by Crippen LogP contribution is -2.54. The van der Waals surface area contributed by atoms with E-state index in [0.717, 1.165) is 31.2 Å². The molecule has 0 spiro atoms. The maximum absolute atomic E-state index is 12.1. The van der Waals surface area contributed by atoms with Crippen LogP contribution >= 0.6 is 11.3 Å². The molecule has 0 bridgehead atoms. The van der Waals surface area contributed by atoms with Gasteiger partial charge in [0, 0.05) is 31.5 Å². The molecular weight excluding hydrogens is 284 g/mol. The van der Waals surface area contributed by atoms with E-state index in [2.05, 4.69) is 5.32 Å². The average Bonchev–Trinajstić information content (AvgIpc) is 3.11. The number of hydrogen-bond donors (Lipinski definition) is 1. The first kappa shape index (κ1) is 14.6. The van der Waals surface area contributed by atoms with Crippen molar-refractivity contribution in [3.8, 4) is 0 Å². The molecule has 1 N–H and O–H groups in total. The third kappa shape index (κ3) is 2.84. The third-order valence-corrected chi connectivity index (χ3v) is 5.87. The number of nitrogens with zero attached hydrogens (tertiary/aromatic N) is 1. The van der Waals surface area contributed by atoms with E-state index in [0.29, 0.717) is 25.4 Å². The minimum atomic E-state index is 0.0907. The van der Waals surface area contributed by atoms with Crippen molar-refractivity contribution in [2.24, 2.45) is 5.41 Å². The number of nitrogens with one attached hydrogen (secondary N) is 1. The normalized spacial score (nSPS) is 28.5. The summed E-state index contributed by atoms with van der Waals surface area (Å²) in [7, 11) is 1.92. The zero-order valence-electron chi connectivity index (χ0n) is 12.4. The lowest BCUT2D eigenvalue weighted by Gasteiger charge is -2.44. The smallest absolute Gasteiger partial charge is 0.224 e. The molecule has 114 valence electrons. The van der Waals surface area contributed by atoms with Crippen LogP contribution in [0.25, 0.3) is 0 Å². The highest BCUT2D eigenvalue weighted by Crippen LogP contribution is 2.47. The minimum Gasteiger partial charge on any atom is -0.355 e. The van der Waals surface area contributed by atoms with Crippen LogP contribution in [0.2, 0.25) is 0 Å². The van der Waals surface area contributed by atoms with Crippen LogP contribution in [0.1, 0.15) is 37.7 Å². The first-order chi connectivity index (χ1) is 10.1. The fourth-order valence-corrected chi connectivity index (χ4v) is 4.60. The summed E-state index contributed by atoms with van der Waals surface area (Å²) < 4.78 is 0. The number of amides is 2. The van der Waals surface area contributed by atoms with Crippen LogP contribution in [0, 0.1) is 5.41 Å². The fourth-order valence-electron chi connectivity index (χ4n) is 3.93. The number of likely N-dealkylation sites (tertiary alicyclic amines) is 1. The molecule has 1 saturated heterocycles. The zero-order chi connectivity index (χ0) is 14.9. The van der Waals surface area contributed by atoms with Gasteiger partial charge in [0.05, 0.1) is 6.42 Å². The van der Waals surface area contributed by atoms with Gasteiger partial charge in [-0.2, -0.15) is 11.3 Å². The molecule has 1 aromatic heterocycles. The van der Waals surface area contributed by atoms with Gasteiger partial charge in [-0.15, -0.1) is 0 Å². The summed E-state index contributed by atoms with van der Waals surface area (Å²) in [6.45, 7) is 0.707. The van der Waals surface area contributed by atoms with Gasteiger partial charge in [0.25, 0.3) is 0 Å². The molecular formula is C16H22N2O2S. The Kier molecular flexibility index (Phi) is 4.02. The molecule has 2 atom stereocenters. The Balaban J connectivity index is 1.61. The van der Waals surface area contributed by atoms with Crippen molar-refractivity contribution >= 4 is 23.2 Å². The van der Waals surface area contributed by atoms with Gasteiger partial charge in [0.1, 0.15) is 0 Å². The second-order valence-corrected chi connectivity index (χ2v) is 7.14. The molecule has 5 heteroatoms. The summed E-state index contributed by atoms with van der Waals surface area (Å²) in [6, 6.07) is 2.30. The zero-order valence-corrected chi connectivity index (χ0v) is 13.2. The Hall–Kier alpha value is -1.36. The number of fused-ring (bicyclic) bond motifs is 1. The van der Waals surface area contributed by atoms with Crippen molar-refractivity contribution in [3.05, 3.63) is 22.4 Å². The molecule has 2 amide bonds. The number of piperidine rings is 1. The topological polar surface area (TPSA) is 49.4 Å². The van der Waals surface area contributed by atoms with Crippen LogP contribution in [-0.4, -0.2) is 36.3 Å². The molecule has 1 aliphatic carbocycles. The molecule has 2 aliphatic rings. The quantitative estimate of drug-likeness (QED) is 0.927. The lowest BCUT2D eigenvalue weighted by atomic mass is 9.74. The summed E-state index contributed by atoms with van der Waals surface area (Å²) >= 11 is 1.62. The standard InChI is InChI=1S/C16H22N2O2S/c1-18-13-3-2-6-16(13,7-4-15(18)20)11-17-14(19)9-12-5-8-21-10-12/h5,8,10,13H,2-4,6-7,9,11H2,1H3,(H,17,19). The predicted molar refractivity (Wildman–Crippen MR) is 83.1 cm³/mol. The van der Waals surface area contributed by atoms with Crippen LogP contribution in [0.4, 0.5) is 0 Å². The Morgan fingerprint density at radius 1 is 1.52 bits per heavy atom. The number of thiophene rings is 1. The van der Waals surface area contributed by atoms with Gasteiger partial charge in [0.2, 0.25) is 11.8 Å². The van der Waals surface area contributed by atoms with Crippen LogP contribution in [0.5, 0.6) is 0 Å². The van der Waals surface area contributed by atoms with E-state index in [1.807, 2.05) is 28.8 Å². The molecule has 1 saturated carbocycles.